The van der Waals surface area contributed by atoms with Crippen LogP contribution in [0.1, 0.15) is 13.3 Å². The molecule has 5 nitrogen and oxygen atoms in total. The summed E-state index contributed by atoms with van der Waals surface area (Å²) in [5.41, 5.74) is 0. The molecular weight excluding hydrogens is 204 g/mol. The van der Waals surface area contributed by atoms with E-state index in [0.29, 0.717) is 0 Å². The fraction of sp³-hybridized carbons (Fsp3) is 0.818. The number of hydrogen-bond acceptors (Lipinski definition) is 3. The number of amides is 2. The molecule has 1 atom stereocenters. The van der Waals surface area contributed by atoms with Crippen molar-refractivity contribution in [2.45, 2.75) is 19.4 Å². The lowest BCUT2D eigenvalue weighted by Gasteiger charge is -2.37. The lowest BCUT2D eigenvalue weighted by atomic mass is 10.2. The van der Waals surface area contributed by atoms with Crippen LogP contribution in [0.5, 0.6) is 0 Å². The fourth-order valence-electron chi connectivity index (χ4n) is 1.94. The summed E-state index contributed by atoms with van der Waals surface area (Å²) in [5.74, 6) is 0. The molecule has 0 radical (unpaired) electrons. The van der Waals surface area contributed by atoms with Crippen LogP contribution in [0.15, 0.2) is 0 Å². The number of carbonyl (C=O) groups excluding carboxylic acids is 1. The second-order valence-corrected chi connectivity index (χ2v) is 4.25. The zero-order valence-corrected chi connectivity index (χ0v) is 10.3. The minimum absolute atomic E-state index is 0.00314. The predicted octanol–water partition coefficient (Wildman–Crippen LogP) is 0.588. The molecule has 0 spiro atoms. The van der Waals surface area contributed by atoms with Gasteiger partial charge in [-0.05, 0) is 6.42 Å². The summed E-state index contributed by atoms with van der Waals surface area (Å²) < 4.78 is 0. The number of rotatable bonds is 2. The second-order valence-electron chi connectivity index (χ2n) is 4.25. The lowest BCUT2D eigenvalue weighted by molar-refractivity contribution is 0.110. The maximum absolute atomic E-state index is 11.7. The normalized spacial score (nSPS) is 19.0. The molecule has 1 fully saturated rings. The van der Waals surface area contributed by atoms with E-state index in [9.17, 15) is 4.79 Å². The average Bonchev–Trinajstić information content (AvgIpc) is 2.30. The van der Waals surface area contributed by atoms with Crippen LogP contribution in [0.25, 0.3) is 0 Å². The molecule has 1 aliphatic rings. The van der Waals surface area contributed by atoms with Crippen LogP contribution in [0.4, 0.5) is 4.79 Å². The molecule has 90 valence electrons. The largest absolute Gasteiger partial charge is 0.331 e. The van der Waals surface area contributed by atoms with Gasteiger partial charge in [0.1, 0.15) is 0 Å². The first-order valence-electron chi connectivity index (χ1n) is 5.70. The van der Waals surface area contributed by atoms with E-state index in [1.165, 1.54) is 0 Å². The van der Waals surface area contributed by atoms with Crippen molar-refractivity contribution in [1.29, 1.82) is 5.26 Å². The van der Waals surface area contributed by atoms with Crippen molar-refractivity contribution in [2.24, 2.45) is 0 Å². The highest BCUT2D eigenvalue weighted by molar-refractivity contribution is 5.73. The Kier molecular flexibility index (Phi) is 4.56. The van der Waals surface area contributed by atoms with E-state index in [4.69, 9.17) is 5.26 Å². The van der Waals surface area contributed by atoms with Gasteiger partial charge in [-0.3, -0.25) is 4.90 Å². The van der Waals surface area contributed by atoms with Crippen LogP contribution < -0.4 is 0 Å². The van der Waals surface area contributed by atoms with Crippen molar-refractivity contribution in [3.63, 3.8) is 0 Å². The Bertz CT molecular complexity index is 276. The van der Waals surface area contributed by atoms with Crippen molar-refractivity contribution in [3.05, 3.63) is 0 Å². The monoisotopic (exact) mass is 224 g/mol. The molecule has 16 heavy (non-hydrogen) atoms. The van der Waals surface area contributed by atoms with Crippen LogP contribution in [0.3, 0.4) is 0 Å². The van der Waals surface area contributed by atoms with Crippen LogP contribution in [-0.2, 0) is 0 Å². The fourth-order valence-corrected chi connectivity index (χ4v) is 1.94. The maximum atomic E-state index is 11.7. The third-order valence-electron chi connectivity index (χ3n) is 2.94. The molecule has 1 rings (SSSR count). The summed E-state index contributed by atoms with van der Waals surface area (Å²) in [4.78, 5) is 17.3. The van der Waals surface area contributed by atoms with Gasteiger partial charge in [-0.15, -0.1) is 0 Å². The number of hydrogen-bond donors (Lipinski definition) is 0. The Morgan fingerprint density at radius 3 is 2.31 bits per heavy atom. The summed E-state index contributed by atoms with van der Waals surface area (Å²) in [7, 11) is 3.53. The van der Waals surface area contributed by atoms with Crippen molar-refractivity contribution in [1.82, 2.24) is 14.7 Å². The van der Waals surface area contributed by atoms with Gasteiger partial charge in [-0.25, -0.2) is 4.79 Å². The third kappa shape index (κ3) is 2.86. The van der Waals surface area contributed by atoms with Gasteiger partial charge in [0.15, 0.2) is 0 Å². The molecule has 1 unspecified atom stereocenters. The van der Waals surface area contributed by atoms with Gasteiger partial charge in [0.2, 0.25) is 0 Å². The minimum Gasteiger partial charge on any atom is -0.331 e. The smallest absolute Gasteiger partial charge is 0.319 e. The first kappa shape index (κ1) is 12.8. The SMILES string of the molecule is CCC(C#N)N1CCN(C(=O)N(C)C)CC1. The first-order valence-corrected chi connectivity index (χ1v) is 5.70. The first-order chi connectivity index (χ1) is 7.60. The molecule has 0 N–H and O–H groups in total. The molecule has 1 saturated heterocycles. The van der Waals surface area contributed by atoms with E-state index in [1.54, 1.807) is 19.0 Å². The van der Waals surface area contributed by atoms with Crippen molar-refractivity contribution >= 4 is 6.03 Å². The number of carbonyl (C=O) groups is 1. The molecule has 0 aliphatic carbocycles. The number of urea groups is 1. The standard InChI is InChI=1S/C11H20N4O/c1-4-10(9-12)14-5-7-15(8-6-14)11(16)13(2)3/h10H,4-8H2,1-3H3. The minimum atomic E-state index is -0.00314. The molecule has 2 amide bonds. The zero-order valence-electron chi connectivity index (χ0n) is 10.3. The number of nitrogens with zero attached hydrogens (tertiary/aromatic N) is 4. The molecule has 0 bridgehead atoms. The zero-order chi connectivity index (χ0) is 12.1. The van der Waals surface area contributed by atoms with E-state index >= 15 is 0 Å². The van der Waals surface area contributed by atoms with Crippen LogP contribution in [-0.4, -0.2) is 67.0 Å². The lowest BCUT2D eigenvalue weighted by Crippen LogP contribution is -2.53. The molecule has 1 aliphatic heterocycles. The van der Waals surface area contributed by atoms with Gasteiger partial charge in [0.05, 0.1) is 12.1 Å². The number of piperazine rings is 1. The molecule has 1 heterocycles. The van der Waals surface area contributed by atoms with E-state index in [-0.39, 0.29) is 12.1 Å². The predicted molar refractivity (Wildman–Crippen MR) is 61.9 cm³/mol. The average molecular weight is 224 g/mol. The summed E-state index contributed by atoms with van der Waals surface area (Å²) >= 11 is 0. The topological polar surface area (TPSA) is 50.6 Å². The Labute approximate surface area is 97.2 Å². The molecule has 5 heteroatoms. The Morgan fingerprint density at radius 1 is 1.38 bits per heavy atom. The van der Waals surface area contributed by atoms with Crippen LogP contribution >= 0.6 is 0 Å². The second kappa shape index (κ2) is 5.71. The maximum Gasteiger partial charge on any atom is 0.319 e. The van der Waals surface area contributed by atoms with Gasteiger partial charge in [-0.2, -0.15) is 5.26 Å². The van der Waals surface area contributed by atoms with E-state index < -0.39 is 0 Å². The number of nitriles is 1. The van der Waals surface area contributed by atoms with Gasteiger partial charge < -0.3 is 9.80 Å². The Balaban J connectivity index is 2.46. The molecular formula is C11H20N4O. The van der Waals surface area contributed by atoms with Gasteiger partial charge in [-0.1, -0.05) is 6.92 Å². The van der Waals surface area contributed by atoms with E-state index in [2.05, 4.69) is 11.0 Å². The Morgan fingerprint density at radius 2 is 1.94 bits per heavy atom. The van der Waals surface area contributed by atoms with Crippen LogP contribution in [0.2, 0.25) is 0 Å². The van der Waals surface area contributed by atoms with Gasteiger partial charge in [0, 0.05) is 40.3 Å². The van der Waals surface area contributed by atoms with Gasteiger partial charge >= 0.3 is 6.03 Å². The Hall–Kier alpha value is -1.28. The summed E-state index contributed by atoms with van der Waals surface area (Å²) in [6.45, 7) is 5.05. The quantitative estimate of drug-likeness (QED) is 0.689. The molecule has 0 saturated carbocycles. The molecule has 0 aromatic heterocycles. The van der Waals surface area contributed by atoms with Crippen molar-refractivity contribution < 1.29 is 4.79 Å². The summed E-state index contributed by atoms with van der Waals surface area (Å²) in [6, 6.07) is 2.36. The van der Waals surface area contributed by atoms with E-state index in [0.717, 1.165) is 32.6 Å². The summed E-state index contributed by atoms with van der Waals surface area (Å²) in [5, 5.41) is 8.96. The highest BCUT2D eigenvalue weighted by Gasteiger charge is 2.25. The molecule has 0 aromatic rings. The summed E-state index contributed by atoms with van der Waals surface area (Å²) in [6.07, 6.45) is 0.845. The molecule has 0 aromatic carbocycles. The van der Waals surface area contributed by atoms with Crippen molar-refractivity contribution in [3.8, 4) is 6.07 Å². The highest BCUT2D eigenvalue weighted by Crippen LogP contribution is 2.09. The third-order valence-corrected chi connectivity index (χ3v) is 2.94. The van der Waals surface area contributed by atoms with Gasteiger partial charge in [0.25, 0.3) is 0 Å². The highest BCUT2D eigenvalue weighted by atomic mass is 16.2. The van der Waals surface area contributed by atoms with Crippen LogP contribution in [0, 0.1) is 11.3 Å². The van der Waals surface area contributed by atoms with E-state index in [1.807, 2.05) is 11.8 Å². The van der Waals surface area contributed by atoms with Crippen molar-refractivity contribution in [2.75, 3.05) is 40.3 Å².